The van der Waals surface area contributed by atoms with Crippen LogP contribution in [0.2, 0.25) is 0 Å². The van der Waals surface area contributed by atoms with Crippen molar-refractivity contribution in [1.82, 2.24) is 50.5 Å². The van der Waals surface area contributed by atoms with Crippen molar-refractivity contribution in [3.8, 4) is 0 Å². The van der Waals surface area contributed by atoms with Gasteiger partial charge in [0.25, 0.3) is 0 Å². The predicted octanol–water partition coefficient (Wildman–Crippen LogP) is 22.6. The van der Waals surface area contributed by atoms with Gasteiger partial charge in [-0.2, -0.15) is 0 Å². The number of aromatic nitrogens is 8. The van der Waals surface area contributed by atoms with Gasteiger partial charge in [-0.1, -0.05) is 237 Å². The van der Waals surface area contributed by atoms with Crippen molar-refractivity contribution >= 4 is 66.7 Å². The summed E-state index contributed by atoms with van der Waals surface area (Å²) in [6, 6.07) is 27.2. The smallest absolute Gasteiger partial charge is 0.181 e. The van der Waals surface area contributed by atoms with Crippen LogP contribution in [0.4, 0.5) is 0 Å². The summed E-state index contributed by atoms with van der Waals surface area (Å²) in [4.78, 5) is 37.1. The third-order valence-corrected chi connectivity index (χ3v) is 13.7. The van der Waals surface area contributed by atoms with Crippen molar-refractivity contribution in [3.63, 3.8) is 0 Å². The molecule has 0 unspecified atom stereocenters. The predicted molar refractivity (Wildman–Crippen MR) is 397 cm³/mol. The lowest BCUT2D eigenvalue weighted by molar-refractivity contribution is 0.469. The van der Waals surface area contributed by atoms with E-state index in [0.29, 0.717) is 10.8 Å². The number of thiazole rings is 2. The third kappa shape index (κ3) is 35.3. The van der Waals surface area contributed by atoms with Crippen LogP contribution in [0.5, 0.6) is 0 Å². The zero-order valence-corrected chi connectivity index (χ0v) is 63.2. The van der Waals surface area contributed by atoms with Crippen LogP contribution in [-0.2, 0) is 42.2 Å². The minimum Gasteiger partial charge on any atom is -0.443 e. The largest absolute Gasteiger partial charge is 0.443 e. The highest BCUT2D eigenvalue weighted by Crippen LogP contribution is 2.32. The van der Waals surface area contributed by atoms with Crippen molar-refractivity contribution in [2.75, 3.05) is 13.1 Å². The summed E-state index contributed by atoms with van der Waals surface area (Å²) in [5, 5.41) is 11.6. The molecular formula is C76H122N10O2S2. The average molecular weight is 1270 g/mol. The van der Waals surface area contributed by atoms with E-state index in [1.54, 1.807) is 18.6 Å². The van der Waals surface area contributed by atoms with Crippen LogP contribution in [0.25, 0.3) is 44.0 Å². The van der Waals surface area contributed by atoms with Crippen molar-refractivity contribution in [2.45, 2.75) is 243 Å². The molecule has 12 rings (SSSR count). The van der Waals surface area contributed by atoms with E-state index >= 15 is 0 Å². The second-order valence-corrected chi connectivity index (χ2v) is 27.5. The first kappa shape index (κ1) is 85.7. The summed E-state index contributed by atoms with van der Waals surface area (Å²) in [5.41, 5.74) is 10.6. The first-order valence-corrected chi connectivity index (χ1v) is 34.6. The Labute approximate surface area is 555 Å². The van der Waals surface area contributed by atoms with E-state index < -0.39 is 0 Å². The van der Waals surface area contributed by atoms with Gasteiger partial charge in [-0.05, 0) is 65.8 Å². The van der Waals surface area contributed by atoms with Gasteiger partial charge in [0, 0.05) is 94.2 Å². The Morgan fingerprint density at radius 3 is 1.28 bits per heavy atom. The Morgan fingerprint density at radius 2 is 0.822 bits per heavy atom. The molecule has 0 saturated heterocycles. The molecule has 90 heavy (non-hydrogen) atoms. The molecule has 500 valence electrons. The molecule has 0 bridgehead atoms. The third-order valence-electron chi connectivity index (χ3n) is 10.6. The quantitative estimate of drug-likeness (QED) is 0.149. The van der Waals surface area contributed by atoms with Gasteiger partial charge >= 0.3 is 0 Å². The number of para-hydroxylation sites is 4. The maximum atomic E-state index is 5.01. The maximum absolute atomic E-state index is 5.01. The Hall–Kier alpha value is -6.32. The number of fused-ring (bicyclic) bond motifs is 6. The molecule has 2 aliphatic heterocycles. The lowest BCUT2D eigenvalue weighted by atomic mass is 9.90. The summed E-state index contributed by atoms with van der Waals surface area (Å²) < 4.78 is 10.0. The number of hydrogen-bond donors (Lipinski definition) is 2. The number of rotatable bonds is 0. The summed E-state index contributed by atoms with van der Waals surface area (Å²) >= 11 is 3.76. The van der Waals surface area contributed by atoms with Gasteiger partial charge in [0.1, 0.15) is 11.0 Å². The summed E-state index contributed by atoms with van der Waals surface area (Å²) in [6.07, 6.45) is 14.1. The van der Waals surface area contributed by atoms with Crippen LogP contribution in [-0.4, -0.2) is 53.0 Å². The number of nitrogens with one attached hydrogen (secondary N) is 2. The number of nitrogens with zero attached hydrogens (tertiary/aromatic N) is 8. The van der Waals surface area contributed by atoms with E-state index in [-0.39, 0.29) is 16.2 Å². The van der Waals surface area contributed by atoms with Gasteiger partial charge in [0.05, 0.1) is 44.3 Å². The molecule has 0 spiro atoms. The topological polar surface area (TPSA) is 153 Å². The molecular weight excluding hydrogens is 1150 g/mol. The molecule has 0 amide bonds. The van der Waals surface area contributed by atoms with E-state index in [1.807, 2.05) is 197 Å². The summed E-state index contributed by atoms with van der Waals surface area (Å²) in [6.45, 7) is 65.5. The van der Waals surface area contributed by atoms with Gasteiger partial charge in [0.2, 0.25) is 0 Å². The second-order valence-electron chi connectivity index (χ2n) is 25.3. The molecule has 0 saturated carbocycles. The van der Waals surface area contributed by atoms with Crippen molar-refractivity contribution < 1.29 is 8.83 Å². The molecule has 2 aromatic carbocycles. The second kappa shape index (κ2) is 45.9. The number of benzene rings is 2. The van der Waals surface area contributed by atoms with Crippen LogP contribution in [0, 0.1) is 10.8 Å². The Kier molecular flexibility index (Phi) is 43.7. The zero-order valence-electron chi connectivity index (χ0n) is 61.6. The SMILES string of the molecule is CC.CC.CC.CC.CC.CC.CC(C)(C)C.CC(C)(C)C.CC(C)(C)c1nc2c(s1)CCNC2.CC(C)(C)c1nc2c(s1)CNCC2.CC(C)(C)c1nccc2cccnc12.c1ccc2ocnc2c1.c1ccc2ocnc2c1.c1cnc2cnccc2c1. The van der Waals surface area contributed by atoms with E-state index in [4.69, 9.17) is 13.8 Å². The Morgan fingerprint density at radius 1 is 0.389 bits per heavy atom. The molecule has 14 heteroatoms. The van der Waals surface area contributed by atoms with Gasteiger partial charge < -0.3 is 19.5 Å². The average Bonchev–Trinajstić information content (AvgIpc) is 1.08. The summed E-state index contributed by atoms with van der Waals surface area (Å²) in [5.74, 6) is 0. The highest BCUT2D eigenvalue weighted by atomic mass is 32.1. The van der Waals surface area contributed by atoms with Crippen molar-refractivity contribution in [3.05, 3.63) is 166 Å². The highest BCUT2D eigenvalue weighted by Gasteiger charge is 2.24. The van der Waals surface area contributed by atoms with Gasteiger partial charge in [0.15, 0.2) is 24.0 Å². The highest BCUT2D eigenvalue weighted by molar-refractivity contribution is 7.12. The van der Waals surface area contributed by atoms with Crippen LogP contribution < -0.4 is 10.6 Å². The number of hydrogen-bond acceptors (Lipinski definition) is 14. The molecule has 10 aromatic rings. The zero-order chi connectivity index (χ0) is 69.2. The van der Waals surface area contributed by atoms with Gasteiger partial charge in [-0.3, -0.25) is 19.9 Å². The fourth-order valence-corrected chi connectivity index (χ4v) is 9.24. The molecule has 0 aliphatic carbocycles. The molecule has 0 atom stereocenters. The standard InChI is InChI=1S/C12H14N2.2C10H16N2S.C8H6N2.2C7H5NO.2C5H12.6C2H6/c1-12(2,3)11-10-9(6-8-14-11)5-4-7-13-10;1-10(2,3)9-12-7-6-11-5-4-8(7)13-9;1-10(2,3)9-12-7-4-5-11-6-8(7)13-9;1-2-7-3-5-9-6-8(7)10-4-1;2*1-2-4-7-6(3-1)8-5-9-7;2*1-5(2,3)4;6*1-2/h4-8H,1-3H3;2*11H,4-6H2,1-3H3;1-6H;2*1-5H;2*1-4H3;6*1-2H3. The number of pyridine rings is 4. The van der Waals surface area contributed by atoms with E-state index in [2.05, 4.69) is 169 Å². The van der Waals surface area contributed by atoms with Gasteiger partial charge in [-0.15, -0.1) is 22.7 Å². The van der Waals surface area contributed by atoms with E-state index in [9.17, 15) is 0 Å². The summed E-state index contributed by atoms with van der Waals surface area (Å²) in [7, 11) is 0. The van der Waals surface area contributed by atoms with E-state index in [0.717, 1.165) is 88.7 Å². The molecule has 10 heterocycles. The molecule has 0 fully saturated rings. The fourth-order valence-electron chi connectivity index (χ4n) is 6.97. The lowest BCUT2D eigenvalue weighted by Crippen LogP contribution is -2.22. The van der Waals surface area contributed by atoms with Crippen LogP contribution >= 0.6 is 22.7 Å². The molecule has 12 nitrogen and oxygen atoms in total. The normalized spacial score (nSPS) is 11.7. The van der Waals surface area contributed by atoms with Crippen molar-refractivity contribution in [1.29, 1.82) is 0 Å². The molecule has 8 aromatic heterocycles. The molecule has 2 N–H and O–H groups in total. The Bertz CT molecular complexity index is 3010. The first-order valence-electron chi connectivity index (χ1n) is 32.9. The molecule has 0 radical (unpaired) electrons. The monoisotopic (exact) mass is 1270 g/mol. The van der Waals surface area contributed by atoms with Crippen LogP contribution in [0.1, 0.15) is 238 Å². The van der Waals surface area contributed by atoms with Gasteiger partial charge in [-0.25, -0.2) is 19.9 Å². The minimum atomic E-state index is 0.0495. The van der Waals surface area contributed by atoms with Crippen LogP contribution in [0.3, 0.4) is 0 Å². The number of oxazole rings is 2. The lowest BCUT2D eigenvalue weighted by Gasteiger charge is -2.18. The van der Waals surface area contributed by atoms with E-state index in [1.165, 1.54) is 43.9 Å². The maximum Gasteiger partial charge on any atom is 0.181 e. The first-order chi connectivity index (χ1) is 42.6. The molecule has 2 aliphatic rings. The Balaban J connectivity index is 0. The fraction of sp³-hybridized carbons (Fsp3) is 0.526. The van der Waals surface area contributed by atoms with Crippen LogP contribution in [0.15, 0.2) is 138 Å². The van der Waals surface area contributed by atoms with Crippen molar-refractivity contribution in [2.24, 2.45) is 10.8 Å². The minimum absolute atomic E-state index is 0.0495.